The van der Waals surface area contributed by atoms with Gasteiger partial charge in [-0.25, -0.2) is 0 Å². The molecule has 0 radical (unpaired) electrons. The highest BCUT2D eigenvalue weighted by Crippen LogP contribution is 2.29. The number of alkyl halides is 2. The number of hydrazone groups is 1. The third-order valence-corrected chi connectivity index (χ3v) is 3.20. The molecule has 0 fully saturated rings. The first-order valence-corrected chi connectivity index (χ1v) is 7.14. The molecule has 0 aromatic heterocycles. The molecular formula is C14H9F2N5O7. The summed E-state index contributed by atoms with van der Waals surface area (Å²) in [5.74, 6) is -0.413. The van der Waals surface area contributed by atoms with Crippen LogP contribution in [0.25, 0.3) is 0 Å². The minimum absolute atomic E-state index is 0.202. The highest BCUT2D eigenvalue weighted by atomic mass is 19.3. The Kier molecular flexibility index (Phi) is 6.05. The van der Waals surface area contributed by atoms with Crippen molar-refractivity contribution in [3.63, 3.8) is 0 Å². The van der Waals surface area contributed by atoms with E-state index in [1.54, 1.807) is 0 Å². The van der Waals surface area contributed by atoms with Crippen LogP contribution < -0.4 is 10.2 Å². The Hall–Kier alpha value is -4.23. The Morgan fingerprint density at radius 2 is 1.57 bits per heavy atom. The molecule has 0 aliphatic rings. The van der Waals surface area contributed by atoms with Gasteiger partial charge in [-0.3, -0.25) is 35.8 Å². The van der Waals surface area contributed by atoms with Crippen LogP contribution in [0.5, 0.6) is 5.75 Å². The van der Waals surface area contributed by atoms with E-state index in [1.165, 1.54) is 0 Å². The Labute approximate surface area is 153 Å². The quantitative estimate of drug-likeness (QED) is 0.402. The molecule has 2 aromatic carbocycles. The predicted molar refractivity (Wildman–Crippen MR) is 90.7 cm³/mol. The lowest BCUT2D eigenvalue weighted by Crippen LogP contribution is -2.05. The number of nitrogens with zero attached hydrogens (tertiary/aromatic N) is 4. The molecule has 2 aromatic rings. The average Bonchev–Trinajstić information content (AvgIpc) is 2.62. The van der Waals surface area contributed by atoms with Crippen molar-refractivity contribution in [3.8, 4) is 5.75 Å². The Balaban J connectivity index is 2.33. The molecule has 0 amide bonds. The first-order chi connectivity index (χ1) is 13.2. The van der Waals surface area contributed by atoms with Gasteiger partial charge in [0.25, 0.3) is 11.4 Å². The monoisotopic (exact) mass is 397 g/mol. The van der Waals surface area contributed by atoms with E-state index >= 15 is 0 Å². The first-order valence-electron chi connectivity index (χ1n) is 7.14. The topological polar surface area (TPSA) is 163 Å². The van der Waals surface area contributed by atoms with E-state index in [0.29, 0.717) is 6.07 Å². The predicted octanol–water partition coefficient (Wildman–Crippen LogP) is 3.46. The van der Waals surface area contributed by atoms with Crippen LogP contribution in [-0.2, 0) is 0 Å². The minimum Gasteiger partial charge on any atom is -0.434 e. The maximum atomic E-state index is 12.4. The summed E-state index contributed by atoms with van der Waals surface area (Å²) in [6.45, 7) is -3.20. The van der Waals surface area contributed by atoms with Crippen molar-refractivity contribution in [1.82, 2.24) is 0 Å². The van der Waals surface area contributed by atoms with Gasteiger partial charge in [-0.2, -0.15) is 13.9 Å². The maximum Gasteiger partial charge on any atom is 0.387 e. The second-order valence-electron chi connectivity index (χ2n) is 4.94. The number of non-ortho nitro benzene ring substituents is 2. The van der Waals surface area contributed by atoms with E-state index in [4.69, 9.17) is 0 Å². The van der Waals surface area contributed by atoms with Gasteiger partial charge in [0.1, 0.15) is 11.4 Å². The molecule has 0 aliphatic carbocycles. The number of rotatable bonds is 8. The molecule has 0 aliphatic heterocycles. The zero-order valence-electron chi connectivity index (χ0n) is 13.5. The highest BCUT2D eigenvalue weighted by molar-refractivity contribution is 5.85. The lowest BCUT2D eigenvalue weighted by atomic mass is 10.2. The van der Waals surface area contributed by atoms with Crippen LogP contribution in [0.2, 0.25) is 0 Å². The fraction of sp³-hybridized carbons (Fsp3) is 0.0714. The molecule has 0 atom stereocenters. The smallest absolute Gasteiger partial charge is 0.387 e. The van der Waals surface area contributed by atoms with Gasteiger partial charge in [0.15, 0.2) is 0 Å². The number of halogens is 2. The Morgan fingerprint density at radius 3 is 2.14 bits per heavy atom. The summed E-state index contributed by atoms with van der Waals surface area (Å²) in [6.07, 6.45) is 0.871. The van der Waals surface area contributed by atoms with Crippen LogP contribution in [0.15, 0.2) is 41.5 Å². The number of hydrogen-bond acceptors (Lipinski definition) is 9. The van der Waals surface area contributed by atoms with Gasteiger partial charge >= 0.3 is 12.3 Å². The molecule has 28 heavy (non-hydrogen) atoms. The van der Waals surface area contributed by atoms with Crippen LogP contribution in [0.4, 0.5) is 31.5 Å². The molecule has 0 bridgehead atoms. The number of nitro groups is 3. The van der Waals surface area contributed by atoms with Crippen LogP contribution in [-0.4, -0.2) is 27.6 Å². The molecule has 2 rings (SSSR count). The zero-order chi connectivity index (χ0) is 20.8. The van der Waals surface area contributed by atoms with Gasteiger partial charge in [-0.1, -0.05) is 0 Å². The van der Waals surface area contributed by atoms with E-state index in [-0.39, 0.29) is 11.3 Å². The van der Waals surface area contributed by atoms with Crippen molar-refractivity contribution in [3.05, 3.63) is 72.3 Å². The fourth-order valence-corrected chi connectivity index (χ4v) is 2.00. The lowest BCUT2D eigenvalue weighted by Gasteiger charge is -2.07. The van der Waals surface area contributed by atoms with Crippen molar-refractivity contribution < 1.29 is 28.3 Å². The summed E-state index contributed by atoms with van der Waals surface area (Å²) in [6, 6.07) is 5.52. The van der Waals surface area contributed by atoms with E-state index in [2.05, 4.69) is 15.3 Å². The van der Waals surface area contributed by atoms with Gasteiger partial charge in [0, 0.05) is 23.8 Å². The minimum atomic E-state index is -3.20. The summed E-state index contributed by atoms with van der Waals surface area (Å²) >= 11 is 0. The molecule has 0 heterocycles. The highest BCUT2D eigenvalue weighted by Gasteiger charge is 2.19. The van der Waals surface area contributed by atoms with Gasteiger partial charge < -0.3 is 4.74 Å². The molecule has 1 N–H and O–H groups in total. The molecule has 0 saturated heterocycles. The van der Waals surface area contributed by atoms with Crippen molar-refractivity contribution in [2.75, 3.05) is 5.43 Å². The summed E-state index contributed by atoms with van der Waals surface area (Å²) in [4.78, 5) is 30.1. The maximum absolute atomic E-state index is 12.4. The van der Waals surface area contributed by atoms with Crippen LogP contribution in [0.1, 0.15) is 5.56 Å². The SMILES string of the molecule is O=[N+]([O-])c1ccc(OC(F)F)c(C=NNc2ccc([N+](=O)[O-])cc2[N+](=O)[O-])c1. The summed E-state index contributed by atoms with van der Waals surface area (Å²) in [7, 11) is 0. The molecule has 0 saturated carbocycles. The summed E-state index contributed by atoms with van der Waals surface area (Å²) in [5.41, 5.74) is 0.195. The fourth-order valence-electron chi connectivity index (χ4n) is 2.00. The zero-order valence-corrected chi connectivity index (χ0v) is 13.5. The first kappa shape index (κ1) is 20.1. The molecule has 0 unspecified atom stereocenters. The Bertz CT molecular complexity index is 967. The van der Waals surface area contributed by atoms with E-state index in [1.807, 2.05) is 0 Å². The van der Waals surface area contributed by atoms with Crippen LogP contribution in [0, 0.1) is 30.3 Å². The van der Waals surface area contributed by atoms with E-state index in [9.17, 15) is 39.1 Å². The van der Waals surface area contributed by atoms with Gasteiger partial charge in [-0.15, -0.1) is 0 Å². The van der Waals surface area contributed by atoms with Crippen LogP contribution >= 0.6 is 0 Å². The normalized spacial score (nSPS) is 10.8. The third kappa shape index (κ3) is 4.90. The molecule has 14 heteroatoms. The van der Waals surface area contributed by atoms with Gasteiger partial charge in [0.2, 0.25) is 0 Å². The molecular weight excluding hydrogens is 388 g/mol. The third-order valence-electron chi connectivity index (χ3n) is 3.20. The number of nitro benzene ring substituents is 3. The van der Waals surface area contributed by atoms with Gasteiger partial charge in [0.05, 0.1) is 27.1 Å². The number of hydrogen-bond donors (Lipinski definition) is 1. The molecule has 12 nitrogen and oxygen atoms in total. The van der Waals surface area contributed by atoms with Gasteiger partial charge in [-0.05, 0) is 12.1 Å². The second-order valence-corrected chi connectivity index (χ2v) is 4.94. The lowest BCUT2D eigenvalue weighted by molar-refractivity contribution is -0.393. The number of benzene rings is 2. The van der Waals surface area contributed by atoms with E-state index in [0.717, 1.165) is 36.5 Å². The number of nitrogens with one attached hydrogen (secondary N) is 1. The number of ether oxygens (including phenoxy) is 1. The average molecular weight is 397 g/mol. The summed E-state index contributed by atoms with van der Waals surface area (Å²) < 4.78 is 29.1. The Morgan fingerprint density at radius 1 is 0.964 bits per heavy atom. The van der Waals surface area contributed by atoms with Crippen molar-refractivity contribution >= 4 is 29.0 Å². The largest absolute Gasteiger partial charge is 0.434 e. The van der Waals surface area contributed by atoms with E-state index < -0.39 is 44.2 Å². The summed E-state index contributed by atoms with van der Waals surface area (Å²) in [5, 5.41) is 36.2. The van der Waals surface area contributed by atoms with Crippen molar-refractivity contribution in [2.45, 2.75) is 6.61 Å². The number of anilines is 1. The van der Waals surface area contributed by atoms with Crippen molar-refractivity contribution in [2.24, 2.45) is 5.10 Å². The standard InChI is InChI=1S/C14H9F2N5O7/c15-14(16)28-13-4-2-9(19(22)23)5-8(13)7-17-18-11-3-1-10(20(24)25)6-12(11)21(26)27/h1-7,14,18H. The van der Waals surface area contributed by atoms with Crippen LogP contribution in [0.3, 0.4) is 0 Å². The molecule has 0 spiro atoms. The molecule has 146 valence electrons. The van der Waals surface area contributed by atoms with Crippen molar-refractivity contribution in [1.29, 1.82) is 0 Å². The second kappa shape index (κ2) is 8.43.